The second kappa shape index (κ2) is 6.74. The molecule has 0 aliphatic heterocycles. The SMILES string of the molecule is CCS(=O)(=O)c1ccc(Oc2ccccc2CNC)cc1. The molecule has 2 aromatic rings. The molecular formula is C16H19NO3S. The Kier molecular flexibility index (Phi) is 4.98. The Hall–Kier alpha value is -1.85. The minimum Gasteiger partial charge on any atom is -0.457 e. The number of benzene rings is 2. The summed E-state index contributed by atoms with van der Waals surface area (Å²) in [4.78, 5) is 0.320. The Morgan fingerprint density at radius 1 is 1.05 bits per heavy atom. The van der Waals surface area contributed by atoms with Crippen molar-refractivity contribution >= 4 is 9.84 Å². The standard InChI is InChI=1S/C16H19NO3S/c1-3-21(18,19)15-10-8-14(9-11-15)20-16-7-5-4-6-13(16)12-17-2/h4-11,17H,3,12H2,1-2H3. The highest BCUT2D eigenvalue weighted by molar-refractivity contribution is 7.91. The van der Waals surface area contributed by atoms with Gasteiger partial charge in [0.25, 0.3) is 0 Å². The Balaban J connectivity index is 2.22. The van der Waals surface area contributed by atoms with E-state index in [0.717, 1.165) is 11.3 Å². The summed E-state index contributed by atoms with van der Waals surface area (Å²) in [6, 6.07) is 14.3. The van der Waals surface area contributed by atoms with Crippen molar-refractivity contribution in [3.63, 3.8) is 0 Å². The number of ether oxygens (including phenoxy) is 1. The van der Waals surface area contributed by atoms with Crippen LogP contribution >= 0.6 is 0 Å². The van der Waals surface area contributed by atoms with E-state index >= 15 is 0 Å². The Labute approximate surface area is 125 Å². The summed E-state index contributed by atoms with van der Waals surface area (Å²) >= 11 is 0. The minimum atomic E-state index is -3.17. The summed E-state index contributed by atoms with van der Waals surface area (Å²) in [6.45, 7) is 2.34. The topological polar surface area (TPSA) is 55.4 Å². The third kappa shape index (κ3) is 3.83. The molecule has 0 spiro atoms. The lowest BCUT2D eigenvalue weighted by Crippen LogP contribution is -2.06. The van der Waals surface area contributed by atoms with Gasteiger partial charge in [-0.15, -0.1) is 0 Å². The maximum Gasteiger partial charge on any atom is 0.178 e. The fourth-order valence-corrected chi connectivity index (χ4v) is 2.83. The van der Waals surface area contributed by atoms with E-state index in [-0.39, 0.29) is 5.75 Å². The maximum absolute atomic E-state index is 11.8. The lowest BCUT2D eigenvalue weighted by Gasteiger charge is -2.11. The molecule has 0 bridgehead atoms. The first-order valence-electron chi connectivity index (χ1n) is 6.80. The molecule has 5 heteroatoms. The second-order valence-corrected chi connectivity index (χ2v) is 6.89. The van der Waals surface area contributed by atoms with Gasteiger partial charge in [0.15, 0.2) is 9.84 Å². The van der Waals surface area contributed by atoms with Gasteiger partial charge < -0.3 is 10.1 Å². The molecule has 0 saturated carbocycles. The predicted octanol–water partition coefficient (Wildman–Crippen LogP) is 2.99. The molecule has 0 atom stereocenters. The summed E-state index contributed by atoms with van der Waals surface area (Å²) in [5.74, 6) is 1.48. The summed E-state index contributed by atoms with van der Waals surface area (Å²) in [6.07, 6.45) is 0. The molecule has 1 N–H and O–H groups in total. The molecule has 0 radical (unpaired) electrons. The van der Waals surface area contributed by atoms with Gasteiger partial charge >= 0.3 is 0 Å². The third-order valence-corrected chi connectivity index (χ3v) is 4.88. The first kappa shape index (κ1) is 15.5. The van der Waals surface area contributed by atoms with Gasteiger partial charge in [0.2, 0.25) is 0 Å². The van der Waals surface area contributed by atoms with Crippen molar-refractivity contribution in [1.29, 1.82) is 0 Å². The Bertz CT molecular complexity index is 694. The van der Waals surface area contributed by atoms with Crippen LogP contribution in [0, 0.1) is 0 Å². The van der Waals surface area contributed by atoms with Crippen molar-refractivity contribution in [2.45, 2.75) is 18.4 Å². The van der Waals surface area contributed by atoms with Crippen LogP contribution < -0.4 is 10.1 Å². The number of sulfone groups is 1. The molecule has 0 unspecified atom stereocenters. The van der Waals surface area contributed by atoms with E-state index in [0.29, 0.717) is 17.2 Å². The fourth-order valence-electron chi connectivity index (χ4n) is 1.95. The fraction of sp³-hybridized carbons (Fsp3) is 0.250. The smallest absolute Gasteiger partial charge is 0.178 e. The van der Waals surface area contributed by atoms with Crippen LogP contribution in [0.4, 0.5) is 0 Å². The molecule has 112 valence electrons. The van der Waals surface area contributed by atoms with Crippen LogP contribution in [-0.2, 0) is 16.4 Å². The van der Waals surface area contributed by atoms with Gasteiger partial charge in [0, 0.05) is 12.1 Å². The van der Waals surface area contributed by atoms with E-state index in [1.807, 2.05) is 31.3 Å². The van der Waals surface area contributed by atoms with E-state index in [1.54, 1.807) is 31.2 Å². The van der Waals surface area contributed by atoms with Crippen molar-refractivity contribution in [2.24, 2.45) is 0 Å². The number of hydrogen-bond acceptors (Lipinski definition) is 4. The molecule has 0 amide bonds. The second-order valence-electron chi connectivity index (χ2n) is 4.61. The number of para-hydroxylation sites is 1. The van der Waals surface area contributed by atoms with Gasteiger partial charge in [-0.2, -0.15) is 0 Å². The normalized spacial score (nSPS) is 11.3. The minimum absolute atomic E-state index is 0.0954. The van der Waals surface area contributed by atoms with E-state index in [9.17, 15) is 8.42 Å². The lowest BCUT2D eigenvalue weighted by atomic mass is 10.2. The molecular weight excluding hydrogens is 286 g/mol. The van der Waals surface area contributed by atoms with Gasteiger partial charge in [0.1, 0.15) is 11.5 Å². The molecule has 2 rings (SSSR count). The van der Waals surface area contributed by atoms with Gasteiger partial charge in [0.05, 0.1) is 10.6 Å². The zero-order chi connectivity index (χ0) is 15.3. The monoisotopic (exact) mass is 305 g/mol. The average Bonchev–Trinajstić information content (AvgIpc) is 2.50. The maximum atomic E-state index is 11.8. The highest BCUT2D eigenvalue weighted by atomic mass is 32.2. The van der Waals surface area contributed by atoms with Crippen molar-refractivity contribution in [2.75, 3.05) is 12.8 Å². The summed E-state index contributed by atoms with van der Waals surface area (Å²) in [5, 5.41) is 3.09. The number of rotatable bonds is 6. The van der Waals surface area contributed by atoms with Crippen LogP contribution in [0.1, 0.15) is 12.5 Å². The van der Waals surface area contributed by atoms with Crippen LogP contribution in [0.3, 0.4) is 0 Å². The molecule has 0 saturated heterocycles. The quantitative estimate of drug-likeness (QED) is 0.891. The van der Waals surface area contributed by atoms with E-state index in [1.165, 1.54) is 0 Å². The van der Waals surface area contributed by atoms with Crippen molar-refractivity contribution < 1.29 is 13.2 Å². The van der Waals surface area contributed by atoms with Gasteiger partial charge in [-0.1, -0.05) is 25.1 Å². The molecule has 4 nitrogen and oxygen atoms in total. The van der Waals surface area contributed by atoms with Crippen molar-refractivity contribution in [3.8, 4) is 11.5 Å². The van der Waals surface area contributed by atoms with Gasteiger partial charge in [-0.05, 0) is 37.4 Å². The van der Waals surface area contributed by atoms with E-state index in [4.69, 9.17) is 4.74 Å². The van der Waals surface area contributed by atoms with Crippen LogP contribution in [0.5, 0.6) is 11.5 Å². The third-order valence-electron chi connectivity index (χ3n) is 3.13. The number of hydrogen-bond donors (Lipinski definition) is 1. The first-order valence-corrected chi connectivity index (χ1v) is 8.45. The van der Waals surface area contributed by atoms with Crippen molar-refractivity contribution in [3.05, 3.63) is 54.1 Å². The summed E-state index contributed by atoms with van der Waals surface area (Å²) in [5.41, 5.74) is 1.05. The first-order chi connectivity index (χ1) is 10.1. The average molecular weight is 305 g/mol. The highest BCUT2D eigenvalue weighted by Gasteiger charge is 2.11. The van der Waals surface area contributed by atoms with Crippen LogP contribution in [0.2, 0.25) is 0 Å². The molecule has 0 aliphatic carbocycles. The largest absolute Gasteiger partial charge is 0.457 e. The molecule has 0 aromatic heterocycles. The molecule has 0 heterocycles. The highest BCUT2D eigenvalue weighted by Crippen LogP contribution is 2.26. The Morgan fingerprint density at radius 3 is 2.33 bits per heavy atom. The zero-order valence-electron chi connectivity index (χ0n) is 12.2. The summed E-state index contributed by atoms with van der Waals surface area (Å²) in [7, 11) is -1.29. The van der Waals surface area contributed by atoms with Crippen LogP contribution in [0.15, 0.2) is 53.4 Å². The van der Waals surface area contributed by atoms with Crippen molar-refractivity contribution in [1.82, 2.24) is 5.32 Å². The predicted molar refractivity (Wildman–Crippen MR) is 83.4 cm³/mol. The van der Waals surface area contributed by atoms with E-state index in [2.05, 4.69) is 5.32 Å². The van der Waals surface area contributed by atoms with Crippen LogP contribution in [0.25, 0.3) is 0 Å². The number of nitrogens with one attached hydrogen (secondary N) is 1. The molecule has 21 heavy (non-hydrogen) atoms. The van der Waals surface area contributed by atoms with E-state index < -0.39 is 9.84 Å². The van der Waals surface area contributed by atoms with Gasteiger partial charge in [-0.3, -0.25) is 0 Å². The Morgan fingerprint density at radius 2 is 1.71 bits per heavy atom. The summed E-state index contributed by atoms with van der Waals surface area (Å²) < 4.78 is 29.4. The molecule has 2 aromatic carbocycles. The van der Waals surface area contributed by atoms with Gasteiger partial charge in [-0.25, -0.2) is 8.42 Å². The molecule has 0 fully saturated rings. The molecule has 0 aliphatic rings. The zero-order valence-corrected chi connectivity index (χ0v) is 13.0. The van der Waals surface area contributed by atoms with Crippen LogP contribution in [-0.4, -0.2) is 21.2 Å². The lowest BCUT2D eigenvalue weighted by molar-refractivity contribution is 0.474.